The summed E-state index contributed by atoms with van der Waals surface area (Å²) in [5, 5.41) is 8.78. The standard InChI is InChI=1S/C19H25NO5/c1-12-7-15(8-13(2)18(12)25-11-17(21)22)19(23)20(16-3-4-16)9-14-5-6-24-10-14/h7-8,14,16H,3-6,9-11H2,1-2H3,(H,21,22). The fraction of sp³-hybridized carbons (Fsp3) is 0.579. The number of aryl methyl sites for hydroxylation is 2. The van der Waals surface area contributed by atoms with Gasteiger partial charge in [0.1, 0.15) is 5.75 Å². The highest BCUT2D eigenvalue weighted by atomic mass is 16.5. The molecule has 1 saturated heterocycles. The van der Waals surface area contributed by atoms with Gasteiger partial charge in [-0.15, -0.1) is 0 Å². The van der Waals surface area contributed by atoms with Gasteiger partial charge >= 0.3 is 5.97 Å². The van der Waals surface area contributed by atoms with Gasteiger partial charge in [-0.05, 0) is 56.4 Å². The molecule has 25 heavy (non-hydrogen) atoms. The second-order valence-electron chi connectivity index (χ2n) is 7.04. The summed E-state index contributed by atoms with van der Waals surface area (Å²) in [5.74, 6) is -0.00550. The molecule has 1 N–H and O–H groups in total. The van der Waals surface area contributed by atoms with Crippen LogP contribution in [0.2, 0.25) is 0 Å². The SMILES string of the molecule is Cc1cc(C(=O)N(CC2CCOC2)C2CC2)cc(C)c1OCC(=O)O. The zero-order chi connectivity index (χ0) is 18.0. The first kappa shape index (κ1) is 17.7. The summed E-state index contributed by atoms with van der Waals surface area (Å²) in [4.78, 5) is 25.7. The Hall–Kier alpha value is -2.08. The summed E-state index contributed by atoms with van der Waals surface area (Å²) < 4.78 is 10.8. The maximum atomic E-state index is 13.0. The van der Waals surface area contributed by atoms with Gasteiger partial charge in [0.2, 0.25) is 0 Å². The van der Waals surface area contributed by atoms with Gasteiger partial charge < -0.3 is 19.5 Å². The van der Waals surface area contributed by atoms with E-state index in [1.807, 2.05) is 18.7 Å². The highest BCUT2D eigenvalue weighted by Crippen LogP contribution is 2.32. The van der Waals surface area contributed by atoms with Crippen LogP contribution in [0.4, 0.5) is 0 Å². The van der Waals surface area contributed by atoms with Gasteiger partial charge in [-0.25, -0.2) is 4.79 Å². The molecule has 1 amide bonds. The number of benzene rings is 1. The number of carbonyl (C=O) groups excluding carboxylic acids is 1. The average molecular weight is 347 g/mol. The molecule has 0 aromatic heterocycles. The summed E-state index contributed by atoms with van der Waals surface area (Å²) in [6.45, 7) is 5.56. The zero-order valence-electron chi connectivity index (χ0n) is 14.8. The first-order valence-corrected chi connectivity index (χ1v) is 8.80. The third kappa shape index (κ3) is 4.31. The fourth-order valence-electron chi connectivity index (χ4n) is 3.39. The van der Waals surface area contributed by atoms with E-state index in [1.54, 1.807) is 12.1 Å². The van der Waals surface area contributed by atoms with Crippen LogP contribution in [-0.2, 0) is 9.53 Å². The Morgan fingerprint density at radius 3 is 2.44 bits per heavy atom. The lowest BCUT2D eigenvalue weighted by Crippen LogP contribution is -2.37. The first-order valence-electron chi connectivity index (χ1n) is 8.80. The highest BCUT2D eigenvalue weighted by molar-refractivity contribution is 5.95. The van der Waals surface area contributed by atoms with Gasteiger partial charge in [-0.2, -0.15) is 0 Å². The van der Waals surface area contributed by atoms with Crippen molar-refractivity contribution >= 4 is 11.9 Å². The van der Waals surface area contributed by atoms with Crippen molar-refractivity contribution in [3.05, 3.63) is 28.8 Å². The van der Waals surface area contributed by atoms with E-state index < -0.39 is 5.97 Å². The van der Waals surface area contributed by atoms with E-state index >= 15 is 0 Å². The van der Waals surface area contributed by atoms with Crippen molar-refractivity contribution in [2.24, 2.45) is 5.92 Å². The Kier molecular flexibility index (Phi) is 5.27. The molecule has 2 aliphatic rings. The van der Waals surface area contributed by atoms with Crippen molar-refractivity contribution < 1.29 is 24.2 Å². The normalized spacial score (nSPS) is 19.7. The Morgan fingerprint density at radius 1 is 1.24 bits per heavy atom. The van der Waals surface area contributed by atoms with Crippen molar-refractivity contribution in [2.75, 3.05) is 26.4 Å². The van der Waals surface area contributed by atoms with Crippen LogP contribution in [0.15, 0.2) is 12.1 Å². The Bertz CT molecular complexity index is 639. The summed E-state index contributed by atoms with van der Waals surface area (Å²) in [5.41, 5.74) is 2.21. The largest absolute Gasteiger partial charge is 0.481 e. The number of hydrogen-bond acceptors (Lipinski definition) is 4. The summed E-state index contributed by atoms with van der Waals surface area (Å²) in [6, 6.07) is 3.94. The van der Waals surface area contributed by atoms with Crippen LogP contribution in [-0.4, -0.2) is 54.3 Å². The first-order chi connectivity index (χ1) is 12.0. The van der Waals surface area contributed by atoms with Crippen LogP contribution in [0.3, 0.4) is 0 Å². The quantitative estimate of drug-likeness (QED) is 0.820. The predicted octanol–water partition coefficient (Wildman–Crippen LogP) is 2.41. The second kappa shape index (κ2) is 7.44. The van der Waals surface area contributed by atoms with Gasteiger partial charge in [0.15, 0.2) is 6.61 Å². The van der Waals surface area contributed by atoms with Gasteiger partial charge in [-0.1, -0.05) is 0 Å². The summed E-state index contributed by atoms with van der Waals surface area (Å²) in [7, 11) is 0. The van der Waals surface area contributed by atoms with Crippen LogP contribution >= 0.6 is 0 Å². The van der Waals surface area contributed by atoms with E-state index in [-0.39, 0.29) is 12.5 Å². The molecule has 1 heterocycles. The van der Waals surface area contributed by atoms with E-state index in [0.717, 1.165) is 50.1 Å². The van der Waals surface area contributed by atoms with Crippen LogP contribution in [0, 0.1) is 19.8 Å². The number of carboxylic acid groups (broad SMARTS) is 1. The lowest BCUT2D eigenvalue weighted by molar-refractivity contribution is -0.139. The minimum Gasteiger partial charge on any atom is -0.481 e. The van der Waals surface area contributed by atoms with Gasteiger partial charge in [-0.3, -0.25) is 4.79 Å². The smallest absolute Gasteiger partial charge is 0.341 e. The van der Waals surface area contributed by atoms with Crippen LogP contribution < -0.4 is 4.74 Å². The zero-order valence-corrected chi connectivity index (χ0v) is 14.8. The number of amides is 1. The molecule has 0 radical (unpaired) electrons. The molecule has 1 aliphatic carbocycles. The number of carbonyl (C=O) groups is 2. The number of aliphatic carboxylic acids is 1. The molecule has 6 nitrogen and oxygen atoms in total. The molecular formula is C19H25NO5. The van der Waals surface area contributed by atoms with Gasteiger partial charge in [0.25, 0.3) is 5.91 Å². The van der Waals surface area contributed by atoms with Crippen molar-refractivity contribution in [1.29, 1.82) is 0 Å². The molecule has 3 rings (SSSR count). The molecule has 1 aromatic carbocycles. The molecule has 6 heteroatoms. The highest BCUT2D eigenvalue weighted by Gasteiger charge is 2.35. The van der Waals surface area contributed by atoms with E-state index in [9.17, 15) is 9.59 Å². The fourth-order valence-corrected chi connectivity index (χ4v) is 3.39. The average Bonchev–Trinajstić information content (AvgIpc) is 3.27. The molecule has 0 bridgehead atoms. The van der Waals surface area contributed by atoms with Crippen LogP contribution in [0.5, 0.6) is 5.75 Å². The van der Waals surface area contributed by atoms with Gasteiger partial charge in [0, 0.05) is 30.7 Å². The van der Waals surface area contributed by atoms with Crippen molar-refractivity contribution in [2.45, 2.75) is 39.2 Å². The van der Waals surface area contributed by atoms with E-state index in [4.69, 9.17) is 14.6 Å². The molecule has 1 atom stereocenters. The number of nitrogens with zero attached hydrogens (tertiary/aromatic N) is 1. The molecule has 1 aliphatic heterocycles. The van der Waals surface area contributed by atoms with Crippen LogP contribution in [0.25, 0.3) is 0 Å². The van der Waals surface area contributed by atoms with Crippen molar-refractivity contribution in [1.82, 2.24) is 4.90 Å². The minimum absolute atomic E-state index is 0.0467. The number of carboxylic acids is 1. The number of hydrogen-bond donors (Lipinski definition) is 1. The van der Waals surface area contributed by atoms with Crippen LogP contribution in [0.1, 0.15) is 40.7 Å². The monoisotopic (exact) mass is 347 g/mol. The van der Waals surface area contributed by atoms with E-state index in [2.05, 4.69) is 0 Å². The number of ether oxygens (including phenoxy) is 2. The maximum absolute atomic E-state index is 13.0. The Balaban J connectivity index is 1.76. The summed E-state index contributed by atoms with van der Waals surface area (Å²) >= 11 is 0. The maximum Gasteiger partial charge on any atom is 0.341 e. The minimum atomic E-state index is -1.02. The van der Waals surface area contributed by atoms with E-state index in [1.165, 1.54) is 0 Å². The van der Waals surface area contributed by atoms with Gasteiger partial charge in [0.05, 0.1) is 6.61 Å². The second-order valence-corrected chi connectivity index (χ2v) is 7.04. The summed E-state index contributed by atoms with van der Waals surface area (Å²) in [6.07, 6.45) is 3.14. The topological polar surface area (TPSA) is 76.1 Å². The Morgan fingerprint density at radius 2 is 1.92 bits per heavy atom. The molecule has 1 unspecified atom stereocenters. The number of rotatable bonds is 7. The molecule has 2 fully saturated rings. The van der Waals surface area contributed by atoms with E-state index in [0.29, 0.717) is 23.3 Å². The Labute approximate surface area is 147 Å². The molecule has 1 aromatic rings. The lowest BCUT2D eigenvalue weighted by Gasteiger charge is -2.26. The predicted molar refractivity (Wildman–Crippen MR) is 92.0 cm³/mol. The van der Waals surface area contributed by atoms with Crippen molar-refractivity contribution in [3.8, 4) is 5.75 Å². The van der Waals surface area contributed by atoms with Crippen molar-refractivity contribution in [3.63, 3.8) is 0 Å². The molecule has 0 spiro atoms. The third-order valence-corrected chi connectivity index (χ3v) is 4.77. The molecular weight excluding hydrogens is 322 g/mol. The third-order valence-electron chi connectivity index (χ3n) is 4.77. The lowest BCUT2D eigenvalue weighted by atomic mass is 10.0. The molecule has 1 saturated carbocycles. The molecule has 136 valence electrons.